The molecular formula is C22H20N2O3. The predicted molar refractivity (Wildman–Crippen MR) is 103 cm³/mol. The van der Waals surface area contributed by atoms with E-state index in [0.29, 0.717) is 6.54 Å². The molecule has 0 bridgehead atoms. The van der Waals surface area contributed by atoms with Crippen LogP contribution in [-0.4, -0.2) is 22.6 Å². The molecular weight excluding hydrogens is 340 g/mol. The van der Waals surface area contributed by atoms with Gasteiger partial charge in [0.15, 0.2) is 11.5 Å². The van der Waals surface area contributed by atoms with Crippen LogP contribution in [0, 0.1) is 0 Å². The van der Waals surface area contributed by atoms with Crippen LogP contribution in [0.1, 0.15) is 31.0 Å². The molecule has 5 heteroatoms. The molecule has 1 atom stereocenters. The van der Waals surface area contributed by atoms with E-state index in [4.69, 9.17) is 9.47 Å². The van der Waals surface area contributed by atoms with Gasteiger partial charge in [-0.05, 0) is 43.2 Å². The van der Waals surface area contributed by atoms with Crippen LogP contribution in [0.25, 0.3) is 10.9 Å². The Kier molecular flexibility index (Phi) is 3.50. The lowest BCUT2D eigenvalue weighted by Crippen LogP contribution is -2.29. The van der Waals surface area contributed by atoms with Gasteiger partial charge in [0, 0.05) is 34.8 Å². The fraction of sp³-hybridized carbons (Fsp3) is 0.227. The minimum atomic E-state index is -0.0703. The van der Waals surface area contributed by atoms with E-state index in [0.717, 1.165) is 44.7 Å². The van der Waals surface area contributed by atoms with Crippen LogP contribution in [0.3, 0.4) is 0 Å². The van der Waals surface area contributed by atoms with Gasteiger partial charge < -0.3 is 19.4 Å². The number of carbonyl (C=O) groups excluding carboxylic acids is 1. The average molecular weight is 360 g/mol. The van der Waals surface area contributed by atoms with Crippen LogP contribution < -0.4 is 9.47 Å². The van der Waals surface area contributed by atoms with Crippen molar-refractivity contribution in [2.75, 3.05) is 6.79 Å². The summed E-state index contributed by atoms with van der Waals surface area (Å²) >= 11 is 0. The molecule has 3 heterocycles. The molecule has 1 N–H and O–H groups in total. The number of nitrogens with one attached hydrogen (secondary N) is 1. The third-order valence-electron chi connectivity index (χ3n) is 5.60. The number of ether oxygens (including phenoxy) is 2. The quantitative estimate of drug-likeness (QED) is 0.757. The molecule has 5 rings (SSSR count). The van der Waals surface area contributed by atoms with Crippen molar-refractivity contribution in [3.63, 3.8) is 0 Å². The lowest BCUT2D eigenvalue weighted by Gasteiger charge is -2.27. The first-order valence-electron chi connectivity index (χ1n) is 9.06. The molecule has 27 heavy (non-hydrogen) atoms. The Bertz CT molecular complexity index is 1100. The molecule has 2 aromatic carbocycles. The Morgan fingerprint density at radius 3 is 2.81 bits per heavy atom. The number of rotatable bonds is 3. The van der Waals surface area contributed by atoms with E-state index in [1.807, 2.05) is 48.4 Å². The molecule has 2 aliphatic heterocycles. The van der Waals surface area contributed by atoms with E-state index < -0.39 is 0 Å². The molecule has 0 spiro atoms. The highest BCUT2D eigenvalue weighted by molar-refractivity contribution is 5.98. The zero-order valence-corrected chi connectivity index (χ0v) is 15.3. The van der Waals surface area contributed by atoms with Crippen molar-refractivity contribution >= 4 is 16.8 Å². The van der Waals surface area contributed by atoms with Crippen LogP contribution in [0.4, 0.5) is 0 Å². The molecule has 2 aliphatic rings. The maximum Gasteiger partial charge on any atom is 0.250 e. The second-order valence-corrected chi connectivity index (χ2v) is 7.12. The summed E-state index contributed by atoms with van der Waals surface area (Å²) in [5.41, 5.74) is 5.17. The molecule has 1 amide bonds. The predicted octanol–water partition coefficient (Wildman–Crippen LogP) is 4.32. The first-order valence-corrected chi connectivity index (χ1v) is 9.06. The third-order valence-corrected chi connectivity index (χ3v) is 5.60. The topological polar surface area (TPSA) is 54.6 Å². The summed E-state index contributed by atoms with van der Waals surface area (Å²) in [4.78, 5) is 18.3. The van der Waals surface area contributed by atoms with E-state index in [1.165, 1.54) is 0 Å². The fourth-order valence-electron chi connectivity index (χ4n) is 4.06. The van der Waals surface area contributed by atoms with Crippen molar-refractivity contribution in [3.8, 4) is 11.5 Å². The van der Waals surface area contributed by atoms with Crippen LogP contribution >= 0.6 is 0 Å². The summed E-state index contributed by atoms with van der Waals surface area (Å²) in [6.45, 7) is 4.74. The van der Waals surface area contributed by atoms with Crippen LogP contribution in [0.15, 0.2) is 59.8 Å². The lowest BCUT2D eigenvalue weighted by atomic mass is 9.98. The molecule has 5 nitrogen and oxygen atoms in total. The zero-order valence-electron chi connectivity index (χ0n) is 15.3. The summed E-state index contributed by atoms with van der Waals surface area (Å²) in [5, 5.41) is 1.15. The minimum absolute atomic E-state index is 0.0703. The summed E-state index contributed by atoms with van der Waals surface area (Å²) in [6.07, 6.45) is 2.03. The highest BCUT2D eigenvalue weighted by atomic mass is 16.7. The SMILES string of the molecule is CC1=C(C)C(c2c[nH]c3ccccc23)N(Cc2ccc3c(c2)OCO3)C1=O. The molecule has 0 radical (unpaired) electrons. The maximum atomic E-state index is 13.0. The van der Waals surface area contributed by atoms with E-state index in [2.05, 4.69) is 24.0 Å². The summed E-state index contributed by atoms with van der Waals surface area (Å²) in [7, 11) is 0. The molecule has 0 fully saturated rings. The van der Waals surface area contributed by atoms with Crippen molar-refractivity contribution in [2.24, 2.45) is 0 Å². The van der Waals surface area contributed by atoms with Crippen molar-refractivity contribution in [1.82, 2.24) is 9.88 Å². The number of aromatic nitrogens is 1. The molecule has 0 aliphatic carbocycles. The first kappa shape index (κ1) is 16.0. The van der Waals surface area contributed by atoms with E-state index in [-0.39, 0.29) is 18.7 Å². The highest BCUT2D eigenvalue weighted by Crippen LogP contribution is 2.42. The second-order valence-electron chi connectivity index (χ2n) is 7.12. The van der Waals surface area contributed by atoms with E-state index >= 15 is 0 Å². The third kappa shape index (κ3) is 2.42. The van der Waals surface area contributed by atoms with Crippen molar-refractivity contribution in [1.29, 1.82) is 0 Å². The number of aromatic amines is 1. The Labute approximate surface area is 157 Å². The number of para-hydroxylation sites is 1. The van der Waals surface area contributed by atoms with E-state index in [9.17, 15) is 4.79 Å². The summed E-state index contributed by atoms with van der Waals surface area (Å²) in [6, 6.07) is 14.0. The Morgan fingerprint density at radius 2 is 1.93 bits per heavy atom. The normalized spacial score (nSPS) is 18.8. The average Bonchev–Trinajstić information content (AvgIpc) is 3.37. The monoisotopic (exact) mass is 360 g/mol. The molecule has 0 saturated carbocycles. The number of hydrogen-bond donors (Lipinski definition) is 1. The summed E-state index contributed by atoms with van der Waals surface area (Å²) in [5.74, 6) is 1.58. The second kappa shape index (κ2) is 5.91. The zero-order chi connectivity index (χ0) is 18.5. The van der Waals surface area contributed by atoms with Crippen LogP contribution in [-0.2, 0) is 11.3 Å². The molecule has 1 unspecified atom stereocenters. The van der Waals surface area contributed by atoms with Gasteiger partial charge in [0.25, 0.3) is 5.91 Å². The number of hydrogen-bond acceptors (Lipinski definition) is 3. The highest BCUT2D eigenvalue weighted by Gasteiger charge is 2.37. The largest absolute Gasteiger partial charge is 0.454 e. The first-order chi connectivity index (χ1) is 13.1. The van der Waals surface area contributed by atoms with Crippen molar-refractivity contribution in [3.05, 3.63) is 70.9 Å². The van der Waals surface area contributed by atoms with E-state index in [1.54, 1.807) is 0 Å². The number of benzene rings is 2. The molecule has 136 valence electrons. The van der Waals surface area contributed by atoms with Gasteiger partial charge in [-0.25, -0.2) is 0 Å². The molecule has 3 aromatic rings. The van der Waals surface area contributed by atoms with Crippen LogP contribution in [0.5, 0.6) is 11.5 Å². The number of nitrogens with zero attached hydrogens (tertiary/aromatic N) is 1. The minimum Gasteiger partial charge on any atom is -0.454 e. The standard InChI is InChI=1S/C22H20N2O3/c1-13-14(2)22(25)24(11-15-7-8-19-20(9-15)27-12-26-19)21(13)17-10-23-18-6-4-3-5-16(17)18/h3-10,21,23H,11-12H2,1-2H3. The van der Waals surface area contributed by atoms with Gasteiger partial charge >= 0.3 is 0 Å². The fourth-order valence-corrected chi connectivity index (χ4v) is 4.06. The Morgan fingerprint density at radius 1 is 1.11 bits per heavy atom. The van der Waals surface area contributed by atoms with Crippen molar-refractivity contribution in [2.45, 2.75) is 26.4 Å². The van der Waals surface area contributed by atoms with Crippen LogP contribution in [0.2, 0.25) is 0 Å². The molecule has 1 aromatic heterocycles. The van der Waals surface area contributed by atoms with Gasteiger partial charge in [0.05, 0.1) is 6.04 Å². The van der Waals surface area contributed by atoms with Gasteiger partial charge in [-0.1, -0.05) is 24.3 Å². The lowest BCUT2D eigenvalue weighted by molar-refractivity contribution is -0.127. The number of carbonyl (C=O) groups is 1. The van der Waals surface area contributed by atoms with Gasteiger partial charge in [-0.2, -0.15) is 0 Å². The Hall–Kier alpha value is -3.21. The number of amides is 1. The van der Waals surface area contributed by atoms with Crippen molar-refractivity contribution < 1.29 is 14.3 Å². The maximum absolute atomic E-state index is 13.0. The van der Waals surface area contributed by atoms with Gasteiger partial charge in [0.1, 0.15) is 0 Å². The van der Waals surface area contributed by atoms with Gasteiger partial charge in [-0.3, -0.25) is 4.79 Å². The Balaban J connectivity index is 1.55. The number of H-pyrrole nitrogens is 1. The number of fused-ring (bicyclic) bond motifs is 2. The van der Waals surface area contributed by atoms with Gasteiger partial charge in [-0.15, -0.1) is 0 Å². The smallest absolute Gasteiger partial charge is 0.250 e. The molecule has 0 saturated heterocycles. The van der Waals surface area contributed by atoms with Gasteiger partial charge in [0.2, 0.25) is 6.79 Å². The summed E-state index contributed by atoms with van der Waals surface area (Å²) < 4.78 is 10.9.